The summed E-state index contributed by atoms with van der Waals surface area (Å²) in [5.41, 5.74) is -0.830. The van der Waals surface area contributed by atoms with Crippen LogP contribution in [-0.4, -0.2) is 62.0 Å². The van der Waals surface area contributed by atoms with Gasteiger partial charge in [-0.25, -0.2) is 8.78 Å². The predicted octanol–water partition coefficient (Wildman–Crippen LogP) is 2.79. The molecule has 1 N–H and O–H groups in total. The first kappa shape index (κ1) is 21.1. The number of likely N-dealkylation sites (tertiary alicyclic amines) is 1. The molecule has 2 atom stereocenters. The van der Waals surface area contributed by atoms with Crippen molar-refractivity contribution in [3.8, 4) is 5.69 Å². The van der Waals surface area contributed by atoms with Gasteiger partial charge < -0.3 is 14.5 Å². The van der Waals surface area contributed by atoms with Crippen LogP contribution in [0.1, 0.15) is 47.5 Å². The second kappa shape index (κ2) is 8.54. The lowest BCUT2D eigenvalue weighted by Crippen LogP contribution is -2.45. The van der Waals surface area contributed by atoms with Crippen LogP contribution in [0, 0.1) is 0 Å². The number of piperidine rings is 1. The molecule has 0 radical (unpaired) electrons. The molecule has 0 unspecified atom stereocenters. The molecule has 164 valence electrons. The fourth-order valence-electron chi connectivity index (χ4n) is 3.82. The molecule has 1 fully saturated rings. The van der Waals surface area contributed by atoms with Gasteiger partial charge in [0, 0.05) is 24.6 Å². The van der Waals surface area contributed by atoms with E-state index in [4.69, 9.17) is 4.52 Å². The summed E-state index contributed by atoms with van der Waals surface area (Å²) >= 11 is 0. The van der Waals surface area contributed by atoms with Gasteiger partial charge in [0.05, 0.1) is 29.3 Å². The minimum Gasteiger partial charge on any atom is -0.377 e. The zero-order valence-corrected chi connectivity index (χ0v) is 17.0. The number of rotatable bonds is 6. The zero-order chi connectivity index (χ0) is 22.0. The van der Waals surface area contributed by atoms with Gasteiger partial charge in [-0.15, -0.1) is 0 Å². The molecule has 8 nitrogen and oxygen atoms in total. The Morgan fingerprint density at radius 3 is 2.65 bits per heavy atom. The molecular formula is C21H23F2N5O3. The van der Waals surface area contributed by atoms with E-state index in [1.54, 1.807) is 35.5 Å². The molecule has 3 aromatic rings. The van der Waals surface area contributed by atoms with E-state index >= 15 is 0 Å². The molecule has 0 saturated carbocycles. The van der Waals surface area contributed by atoms with Crippen molar-refractivity contribution in [2.75, 3.05) is 19.9 Å². The molecule has 3 heterocycles. The highest BCUT2D eigenvalue weighted by Gasteiger charge is 2.37. The minimum absolute atomic E-state index is 0.0117. The Bertz CT molecular complexity index is 1040. The smallest absolute Gasteiger partial charge is 0.256 e. The number of hydrogen-bond acceptors (Lipinski definition) is 6. The first-order valence-corrected chi connectivity index (χ1v) is 10.0. The van der Waals surface area contributed by atoms with Gasteiger partial charge >= 0.3 is 0 Å². The Balaban J connectivity index is 1.58. The van der Waals surface area contributed by atoms with E-state index < -0.39 is 19.0 Å². The quantitative estimate of drug-likeness (QED) is 0.645. The number of nitrogens with zero attached hydrogens (tertiary/aromatic N) is 5. The number of aromatic nitrogens is 4. The van der Waals surface area contributed by atoms with Crippen molar-refractivity contribution in [2.45, 2.75) is 37.3 Å². The summed E-state index contributed by atoms with van der Waals surface area (Å²) in [7, 11) is 0. The summed E-state index contributed by atoms with van der Waals surface area (Å²) < 4.78 is 31.2. The molecule has 10 heteroatoms. The number of alkyl halides is 2. The SMILES string of the molecule is C[C@@H]1CC[C@@H](c2cc(C(O)(CF)CF)on2)CN1C(=O)c1ccccc1-n1nccn1. The van der Waals surface area contributed by atoms with Crippen LogP contribution in [0.2, 0.25) is 0 Å². The van der Waals surface area contributed by atoms with E-state index in [1.807, 2.05) is 13.0 Å². The van der Waals surface area contributed by atoms with Crippen LogP contribution in [-0.2, 0) is 5.60 Å². The average Bonchev–Trinajstić information content (AvgIpc) is 3.51. The van der Waals surface area contributed by atoms with Crippen LogP contribution in [0.5, 0.6) is 0 Å². The molecule has 1 saturated heterocycles. The fourth-order valence-corrected chi connectivity index (χ4v) is 3.82. The Morgan fingerprint density at radius 2 is 1.94 bits per heavy atom. The lowest BCUT2D eigenvalue weighted by atomic mass is 9.89. The minimum atomic E-state index is -2.33. The molecule has 2 aromatic heterocycles. The number of carbonyl (C=O) groups excluding carboxylic acids is 1. The predicted molar refractivity (Wildman–Crippen MR) is 106 cm³/mol. The van der Waals surface area contributed by atoms with Crippen molar-refractivity contribution in [1.82, 2.24) is 25.1 Å². The van der Waals surface area contributed by atoms with Crippen LogP contribution in [0.15, 0.2) is 47.2 Å². The van der Waals surface area contributed by atoms with Crippen LogP contribution >= 0.6 is 0 Å². The normalized spacial score (nSPS) is 19.5. The van der Waals surface area contributed by atoms with Gasteiger partial charge in [0.1, 0.15) is 13.3 Å². The summed E-state index contributed by atoms with van der Waals surface area (Å²) in [6.45, 7) is -0.302. The first-order valence-electron chi connectivity index (χ1n) is 10.0. The van der Waals surface area contributed by atoms with E-state index in [0.29, 0.717) is 23.5 Å². The van der Waals surface area contributed by atoms with E-state index in [-0.39, 0.29) is 23.6 Å². The van der Waals surface area contributed by atoms with E-state index in [1.165, 1.54) is 10.9 Å². The molecule has 0 bridgehead atoms. The van der Waals surface area contributed by atoms with E-state index in [2.05, 4.69) is 15.4 Å². The Kier molecular flexibility index (Phi) is 5.81. The van der Waals surface area contributed by atoms with Crippen LogP contribution in [0.3, 0.4) is 0 Å². The first-order chi connectivity index (χ1) is 15.0. The van der Waals surface area contributed by atoms with Gasteiger partial charge in [0.2, 0.25) is 0 Å². The summed E-state index contributed by atoms with van der Waals surface area (Å²) in [5.74, 6) is -0.604. The van der Waals surface area contributed by atoms with Gasteiger partial charge in [0.15, 0.2) is 11.4 Å². The third-order valence-electron chi connectivity index (χ3n) is 5.76. The highest BCUT2D eigenvalue weighted by atomic mass is 19.1. The average molecular weight is 431 g/mol. The summed E-state index contributed by atoms with van der Waals surface area (Å²) in [5, 5.41) is 22.2. The maximum Gasteiger partial charge on any atom is 0.256 e. The summed E-state index contributed by atoms with van der Waals surface area (Å²) in [6, 6.07) is 8.47. The maximum atomic E-state index is 13.4. The number of para-hydroxylation sites is 1. The molecule has 1 aliphatic heterocycles. The number of aliphatic hydroxyl groups is 1. The van der Waals surface area contributed by atoms with Crippen molar-refractivity contribution in [1.29, 1.82) is 0 Å². The summed E-state index contributed by atoms with van der Waals surface area (Å²) in [4.78, 5) is 16.6. The Morgan fingerprint density at radius 1 is 1.23 bits per heavy atom. The van der Waals surface area contributed by atoms with Gasteiger partial charge in [-0.05, 0) is 31.9 Å². The largest absolute Gasteiger partial charge is 0.377 e. The third kappa shape index (κ3) is 3.95. The van der Waals surface area contributed by atoms with Gasteiger partial charge in [-0.1, -0.05) is 17.3 Å². The fraction of sp³-hybridized carbons (Fsp3) is 0.429. The van der Waals surface area contributed by atoms with Gasteiger partial charge in [-0.2, -0.15) is 15.0 Å². The summed E-state index contributed by atoms with van der Waals surface area (Å²) in [6.07, 6.45) is 4.53. The Hall–Kier alpha value is -3.14. The molecule has 31 heavy (non-hydrogen) atoms. The van der Waals surface area contributed by atoms with Crippen LogP contribution in [0.25, 0.3) is 5.69 Å². The topological polar surface area (TPSA) is 97.3 Å². The molecule has 0 aliphatic carbocycles. The molecule has 4 rings (SSSR count). The second-order valence-corrected chi connectivity index (χ2v) is 7.83. The number of carbonyl (C=O) groups is 1. The number of halogens is 2. The lowest BCUT2D eigenvalue weighted by molar-refractivity contribution is -0.0327. The zero-order valence-electron chi connectivity index (χ0n) is 17.0. The van der Waals surface area contributed by atoms with Gasteiger partial charge in [0.25, 0.3) is 5.91 Å². The highest BCUT2D eigenvalue weighted by Crippen LogP contribution is 2.33. The molecule has 1 aliphatic rings. The maximum absolute atomic E-state index is 13.4. The standard InChI is InChI=1S/C21H23F2N5O3/c1-14-6-7-15(17-10-19(31-26-17)21(30,12-22)13-23)11-27(14)20(29)16-4-2-3-5-18(16)28-24-8-9-25-28/h2-5,8-10,14-15,30H,6-7,11-13H2,1H3/t14-,15-/m1/s1. The molecular weight excluding hydrogens is 408 g/mol. The van der Waals surface area contributed by atoms with Crippen molar-refractivity contribution in [3.63, 3.8) is 0 Å². The molecule has 1 amide bonds. The molecule has 0 spiro atoms. The monoisotopic (exact) mass is 431 g/mol. The van der Waals surface area contributed by atoms with E-state index in [0.717, 1.165) is 12.8 Å². The van der Waals surface area contributed by atoms with Crippen molar-refractivity contribution < 1.29 is 23.2 Å². The number of amides is 1. The second-order valence-electron chi connectivity index (χ2n) is 7.83. The van der Waals surface area contributed by atoms with Crippen molar-refractivity contribution in [3.05, 3.63) is 59.7 Å². The van der Waals surface area contributed by atoms with Crippen LogP contribution < -0.4 is 0 Å². The molecule has 1 aromatic carbocycles. The van der Waals surface area contributed by atoms with Gasteiger partial charge in [-0.3, -0.25) is 4.79 Å². The van der Waals surface area contributed by atoms with Crippen LogP contribution in [0.4, 0.5) is 8.78 Å². The van der Waals surface area contributed by atoms with E-state index in [9.17, 15) is 18.7 Å². The van der Waals surface area contributed by atoms with Crippen molar-refractivity contribution in [2.24, 2.45) is 0 Å². The van der Waals surface area contributed by atoms with Crippen molar-refractivity contribution >= 4 is 5.91 Å². The lowest BCUT2D eigenvalue weighted by Gasteiger charge is -2.37. The Labute approximate surface area is 177 Å². The highest BCUT2D eigenvalue weighted by molar-refractivity contribution is 5.98. The number of hydrogen-bond donors (Lipinski definition) is 1. The third-order valence-corrected chi connectivity index (χ3v) is 5.76. The number of benzene rings is 1.